The Hall–Kier alpha value is -1.39. The van der Waals surface area contributed by atoms with Crippen molar-refractivity contribution in [2.75, 3.05) is 0 Å². The molecule has 0 unspecified atom stereocenters. The van der Waals surface area contributed by atoms with E-state index in [0.29, 0.717) is 0 Å². The van der Waals surface area contributed by atoms with Gasteiger partial charge in [0, 0.05) is 6.20 Å². The van der Waals surface area contributed by atoms with Gasteiger partial charge in [0.2, 0.25) is 0 Å². The Bertz CT molecular complexity index is 656. The van der Waals surface area contributed by atoms with Crippen LogP contribution >= 0.6 is 22.9 Å². The molecule has 0 saturated carbocycles. The van der Waals surface area contributed by atoms with E-state index < -0.39 is 0 Å². The van der Waals surface area contributed by atoms with Gasteiger partial charge in [0.1, 0.15) is 0 Å². The molecule has 0 N–H and O–H groups in total. The van der Waals surface area contributed by atoms with Crippen molar-refractivity contribution >= 4 is 28.6 Å². The minimum absolute atomic E-state index is 0.763. The Balaban J connectivity index is 2.25. The molecule has 3 heterocycles. The van der Waals surface area contributed by atoms with Crippen molar-refractivity contribution in [3.05, 3.63) is 40.4 Å². The Morgan fingerprint density at radius 2 is 2.12 bits per heavy atom. The number of fused-ring (bicyclic) bond motifs is 1. The maximum atomic E-state index is 5.91. The van der Waals surface area contributed by atoms with Crippen molar-refractivity contribution in [1.82, 2.24) is 14.6 Å². The molecule has 0 bridgehead atoms. The van der Waals surface area contributed by atoms with Crippen LogP contribution in [0, 0.1) is 6.92 Å². The normalized spacial score (nSPS) is 11.1. The van der Waals surface area contributed by atoms with Gasteiger partial charge in [-0.25, -0.2) is 0 Å². The van der Waals surface area contributed by atoms with E-state index in [2.05, 4.69) is 10.2 Å². The molecule has 0 fully saturated rings. The molecule has 3 aromatic heterocycles. The zero-order chi connectivity index (χ0) is 11.1. The van der Waals surface area contributed by atoms with Crippen LogP contribution in [-0.2, 0) is 0 Å². The van der Waals surface area contributed by atoms with Gasteiger partial charge in [-0.15, -0.1) is 21.5 Å². The molecule has 16 heavy (non-hydrogen) atoms. The van der Waals surface area contributed by atoms with Crippen molar-refractivity contribution in [3.8, 4) is 10.7 Å². The van der Waals surface area contributed by atoms with E-state index in [4.69, 9.17) is 11.6 Å². The zero-order valence-electron chi connectivity index (χ0n) is 8.51. The van der Waals surface area contributed by atoms with Crippen molar-refractivity contribution in [1.29, 1.82) is 0 Å². The zero-order valence-corrected chi connectivity index (χ0v) is 10.1. The second-order valence-electron chi connectivity index (χ2n) is 3.56. The minimum Gasteiger partial charge on any atom is -0.282 e. The minimum atomic E-state index is 0.763. The Morgan fingerprint density at radius 3 is 2.88 bits per heavy atom. The second kappa shape index (κ2) is 3.57. The standard InChI is InChI=1S/C11H8ClN3S/c1-7-4-5-15-10(6-7)13-14-11(15)8-2-3-9(12)16-8/h2-6H,1H3. The molecule has 0 aromatic carbocycles. The van der Waals surface area contributed by atoms with E-state index in [1.807, 2.05) is 41.8 Å². The summed E-state index contributed by atoms with van der Waals surface area (Å²) in [4.78, 5) is 1.03. The smallest absolute Gasteiger partial charge is 0.178 e. The van der Waals surface area contributed by atoms with Gasteiger partial charge in [0.05, 0.1) is 9.21 Å². The molecule has 3 nitrogen and oxygen atoms in total. The van der Waals surface area contributed by atoms with Crippen LogP contribution < -0.4 is 0 Å². The number of rotatable bonds is 1. The first kappa shape index (κ1) is 9.81. The number of aromatic nitrogens is 3. The van der Waals surface area contributed by atoms with Crippen molar-refractivity contribution in [3.63, 3.8) is 0 Å². The molecule has 5 heteroatoms. The highest BCUT2D eigenvalue weighted by Crippen LogP contribution is 2.29. The fraction of sp³-hybridized carbons (Fsp3) is 0.0909. The lowest BCUT2D eigenvalue weighted by Gasteiger charge is -1.97. The maximum Gasteiger partial charge on any atom is 0.178 e. The number of aryl methyl sites for hydroxylation is 1. The topological polar surface area (TPSA) is 30.2 Å². The molecule has 3 rings (SSSR count). The van der Waals surface area contributed by atoms with Crippen LogP contribution in [0.2, 0.25) is 4.34 Å². The van der Waals surface area contributed by atoms with E-state index >= 15 is 0 Å². The van der Waals surface area contributed by atoms with E-state index in [0.717, 1.165) is 20.7 Å². The van der Waals surface area contributed by atoms with E-state index in [1.54, 1.807) is 0 Å². The average molecular weight is 250 g/mol. The predicted octanol–water partition coefficient (Wildman–Crippen LogP) is 3.42. The summed E-state index contributed by atoms with van der Waals surface area (Å²) in [6, 6.07) is 7.88. The molecule has 0 radical (unpaired) electrons. The molecule has 0 spiro atoms. The highest BCUT2D eigenvalue weighted by molar-refractivity contribution is 7.19. The monoisotopic (exact) mass is 249 g/mol. The first-order valence-electron chi connectivity index (χ1n) is 4.81. The van der Waals surface area contributed by atoms with Gasteiger partial charge < -0.3 is 0 Å². The number of thiophene rings is 1. The van der Waals surface area contributed by atoms with Gasteiger partial charge in [-0.1, -0.05) is 11.6 Å². The Labute approximate surface area is 101 Å². The molecule has 0 aliphatic rings. The van der Waals surface area contributed by atoms with Gasteiger partial charge in [0.15, 0.2) is 11.5 Å². The highest BCUT2D eigenvalue weighted by atomic mass is 35.5. The number of nitrogens with zero attached hydrogens (tertiary/aromatic N) is 3. The van der Waals surface area contributed by atoms with Gasteiger partial charge in [-0.05, 0) is 36.8 Å². The summed E-state index contributed by atoms with van der Waals surface area (Å²) >= 11 is 7.42. The summed E-state index contributed by atoms with van der Waals surface area (Å²) in [6.07, 6.45) is 1.98. The van der Waals surface area contributed by atoms with Gasteiger partial charge in [-0.3, -0.25) is 4.40 Å². The van der Waals surface area contributed by atoms with Crippen LogP contribution in [0.15, 0.2) is 30.5 Å². The quantitative estimate of drug-likeness (QED) is 0.662. The van der Waals surface area contributed by atoms with Crippen LogP contribution in [0.4, 0.5) is 0 Å². The third kappa shape index (κ3) is 1.50. The largest absolute Gasteiger partial charge is 0.282 e. The molecule has 0 atom stereocenters. The van der Waals surface area contributed by atoms with Gasteiger partial charge in [0.25, 0.3) is 0 Å². The average Bonchev–Trinajstić information content (AvgIpc) is 2.83. The summed E-state index contributed by atoms with van der Waals surface area (Å²) in [5, 5.41) is 8.33. The van der Waals surface area contributed by atoms with Gasteiger partial charge in [-0.2, -0.15) is 0 Å². The molecule has 0 amide bonds. The molecular formula is C11H8ClN3S. The van der Waals surface area contributed by atoms with Crippen molar-refractivity contribution < 1.29 is 0 Å². The van der Waals surface area contributed by atoms with Crippen LogP contribution in [0.5, 0.6) is 0 Å². The SMILES string of the molecule is Cc1ccn2c(-c3ccc(Cl)s3)nnc2c1. The highest BCUT2D eigenvalue weighted by Gasteiger charge is 2.09. The Kier molecular flexibility index (Phi) is 2.19. The fourth-order valence-corrected chi connectivity index (χ4v) is 2.62. The fourth-order valence-electron chi connectivity index (χ4n) is 1.60. The number of pyridine rings is 1. The van der Waals surface area contributed by atoms with E-state index in [-0.39, 0.29) is 0 Å². The summed E-state index contributed by atoms with van der Waals surface area (Å²) in [6.45, 7) is 2.04. The summed E-state index contributed by atoms with van der Waals surface area (Å²) < 4.78 is 2.73. The first-order valence-corrected chi connectivity index (χ1v) is 6.00. The van der Waals surface area contributed by atoms with Crippen molar-refractivity contribution in [2.45, 2.75) is 6.92 Å². The number of halogens is 1. The van der Waals surface area contributed by atoms with Crippen molar-refractivity contribution in [2.24, 2.45) is 0 Å². The third-order valence-corrected chi connectivity index (χ3v) is 3.59. The number of hydrogen-bond donors (Lipinski definition) is 0. The van der Waals surface area contributed by atoms with Crippen LogP contribution in [-0.4, -0.2) is 14.6 Å². The predicted molar refractivity (Wildman–Crippen MR) is 66.0 cm³/mol. The summed E-state index contributed by atoms with van der Waals surface area (Å²) in [7, 11) is 0. The lowest BCUT2D eigenvalue weighted by Crippen LogP contribution is -1.87. The molecule has 0 aliphatic carbocycles. The molecule has 0 saturated heterocycles. The molecular weight excluding hydrogens is 242 g/mol. The van der Waals surface area contributed by atoms with Crippen LogP contribution in [0.3, 0.4) is 0 Å². The van der Waals surface area contributed by atoms with E-state index in [1.165, 1.54) is 16.9 Å². The first-order chi connectivity index (χ1) is 7.74. The summed E-state index contributed by atoms with van der Waals surface area (Å²) in [5.74, 6) is 0.840. The summed E-state index contributed by atoms with van der Waals surface area (Å²) in [5.41, 5.74) is 2.04. The van der Waals surface area contributed by atoms with Crippen LogP contribution in [0.25, 0.3) is 16.3 Å². The molecule has 80 valence electrons. The molecule has 3 aromatic rings. The van der Waals surface area contributed by atoms with Crippen LogP contribution in [0.1, 0.15) is 5.56 Å². The van der Waals surface area contributed by atoms with E-state index in [9.17, 15) is 0 Å². The number of hydrogen-bond acceptors (Lipinski definition) is 3. The maximum absolute atomic E-state index is 5.91. The lowest BCUT2D eigenvalue weighted by atomic mass is 10.3. The second-order valence-corrected chi connectivity index (χ2v) is 5.27. The van der Waals surface area contributed by atoms with Gasteiger partial charge >= 0.3 is 0 Å². The Morgan fingerprint density at radius 1 is 1.25 bits per heavy atom. The lowest BCUT2D eigenvalue weighted by molar-refractivity contribution is 1.12. The molecule has 0 aliphatic heterocycles. The third-order valence-electron chi connectivity index (χ3n) is 2.36.